The van der Waals surface area contributed by atoms with E-state index in [1.165, 1.54) is 23.9 Å². The van der Waals surface area contributed by atoms with Crippen LogP contribution in [0, 0.1) is 0 Å². The number of nitrogens with zero attached hydrogens (tertiary/aromatic N) is 2. The minimum Gasteiger partial charge on any atom is -0.478 e. The summed E-state index contributed by atoms with van der Waals surface area (Å²) in [7, 11) is 1.62. The second-order valence-electron chi connectivity index (χ2n) is 7.35. The number of aliphatic imine (C=N–C) groups is 1. The molecule has 0 bridgehead atoms. The van der Waals surface area contributed by atoms with Gasteiger partial charge in [-0.25, -0.2) is 9.79 Å². The molecule has 2 aromatic carbocycles. The van der Waals surface area contributed by atoms with Crippen LogP contribution < -0.4 is 0 Å². The Morgan fingerprint density at radius 3 is 2.74 bits per heavy atom. The molecule has 1 saturated heterocycles. The molecular formula is C25H21ClN2O5S. The van der Waals surface area contributed by atoms with Crippen LogP contribution in [0.4, 0.5) is 5.69 Å². The summed E-state index contributed by atoms with van der Waals surface area (Å²) in [6.07, 6.45) is 2.35. The lowest BCUT2D eigenvalue weighted by Crippen LogP contribution is -2.30. The third kappa shape index (κ3) is 5.41. The van der Waals surface area contributed by atoms with Crippen molar-refractivity contribution in [2.45, 2.75) is 6.42 Å². The number of carbonyl (C=O) groups excluding carboxylic acids is 1. The number of halogens is 1. The Balaban J connectivity index is 1.61. The molecule has 1 N–H and O–H groups in total. The smallest absolute Gasteiger partial charge is 0.337 e. The predicted molar refractivity (Wildman–Crippen MR) is 133 cm³/mol. The molecular weight excluding hydrogens is 476 g/mol. The van der Waals surface area contributed by atoms with Crippen LogP contribution >= 0.6 is 23.4 Å². The number of benzene rings is 2. The number of aromatic carboxylic acids is 1. The summed E-state index contributed by atoms with van der Waals surface area (Å²) in [6.45, 7) is 1.02. The van der Waals surface area contributed by atoms with Crippen molar-refractivity contribution in [3.8, 4) is 11.3 Å². The number of amides is 1. The van der Waals surface area contributed by atoms with E-state index in [-0.39, 0.29) is 16.5 Å². The lowest BCUT2D eigenvalue weighted by molar-refractivity contribution is -0.122. The lowest BCUT2D eigenvalue weighted by atomic mass is 10.1. The first-order chi connectivity index (χ1) is 16.5. The third-order valence-corrected chi connectivity index (χ3v) is 6.32. The van der Waals surface area contributed by atoms with Crippen molar-refractivity contribution in [2.75, 3.05) is 20.3 Å². The minimum absolute atomic E-state index is 0.00883. The zero-order valence-electron chi connectivity index (χ0n) is 18.2. The number of hydrogen-bond donors (Lipinski definition) is 1. The van der Waals surface area contributed by atoms with Gasteiger partial charge in [-0.3, -0.25) is 9.69 Å². The predicted octanol–water partition coefficient (Wildman–Crippen LogP) is 5.94. The normalized spacial score (nSPS) is 16.1. The Kier molecular flexibility index (Phi) is 7.52. The molecule has 1 aromatic heterocycles. The number of carboxylic acid groups (broad SMARTS) is 1. The van der Waals surface area contributed by atoms with Gasteiger partial charge < -0.3 is 14.3 Å². The summed E-state index contributed by atoms with van der Waals surface area (Å²) < 4.78 is 11.0. The van der Waals surface area contributed by atoms with Gasteiger partial charge in [-0.2, -0.15) is 0 Å². The maximum atomic E-state index is 13.1. The first-order valence-corrected chi connectivity index (χ1v) is 11.6. The number of thioether (sulfide) groups is 1. The topological polar surface area (TPSA) is 92.3 Å². The van der Waals surface area contributed by atoms with E-state index in [0.717, 1.165) is 5.69 Å². The van der Waals surface area contributed by atoms with Gasteiger partial charge in [-0.05, 0) is 60.6 Å². The molecule has 1 fully saturated rings. The van der Waals surface area contributed by atoms with Crippen molar-refractivity contribution >= 4 is 52.2 Å². The molecule has 9 heteroatoms. The molecule has 34 heavy (non-hydrogen) atoms. The molecule has 2 heterocycles. The molecule has 0 spiro atoms. The summed E-state index contributed by atoms with van der Waals surface area (Å²) in [6, 6.07) is 17.6. The molecule has 0 aliphatic carbocycles. The summed E-state index contributed by atoms with van der Waals surface area (Å²) >= 11 is 7.24. The van der Waals surface area contributed by atoms with Crippen LogP contribution in [0.15, 0.2) is 75.0 Å². The van der Waals surface area contributed by atoms with Crippen LogP contribution in [0.1, 0.15) is 22.5 Å². The molecule has 0 saturated carbocycles. The number of carboxylic acids is 1. The van der Waals surface area contributed by atoms with Gasteiger partial charge >= 0.3 is 5.97 Å². The SMILES string of the molecule is COCCCN1C(=O)/C(=C\c2ccc(-c3ccc(Cl)c(C(=O)O)c3)o2)SC1=Nc1ccccc1. The van der Waals surface area contributed by atoms with Crippen molar-refractivity contribution in [1.29, 1.82) is 0 Å². The van der Waals surface area contributed by atoms with Gasteiger partial charge in [-0.1, -0.05) is 29.8 Å². The Bertz CT molecular complexity index is 1270. The molecule has 1 aliphatic rings. The molecule has 7 nitrogen and oxygen atoms in total. The number of methoxy groups -OCH3 is 1. The van der Waals surface area contributed by atoms with E-state index in [1.54, 1.807) is 36.3 Å². The van der Waals surface area contributed by atoms with E-state index in [4.69, 9.17) is 20.8 Å². The summed E-state index contributed by atoms with van der Waals surface area (Å²) in [5, 5.41) is 10.0. The van der Waals surface area contributed by atoms with Crippen LogP contribution in [0.2, 0.25) is 5.02 Å². The third-order valence-electron chi connectivity index (χ3n) is 4.98. The van der Waals surface area contributed by atoms with E-state index in [2.05, 4.69) is 4.99 Å². The highest BCUT2D eigenvalue weighted by Gasteiger charge is 2.33. The summed E-state index contributed by atoms with van der Waals surface area (Å²) in [5.74, 6) is -0.340. The average molecular weight is 497 g/mol. The number of furan rings is 1. The first-order valence-electron chi connectivity index (χ1n) is 10.4. The van der Waals surface area contributed by atoms with E-state index in [1.807, 2.05) is 30.3 Å². The van der Waals surface area contributed by atoms with E-state index < -0.39 is 5.97 Å². The molecule has 0 unspecified atom stereocenters. The van der Waals surface area contributed by atoms with Crippen molar-refractivity contribution < 1.29 is 23.8 Å². The molecule has 3 aromatic rings. The zero-order chi connectivity index (χ0) is 24.1. The quantitative estimate of drug-likeness (QED) is 0.306. The zero-order valence-corrected chi connectivity index (χ0v) is 19.8. The van der Waals surface area contributed by atoms with Crippen molar-refractivity contribution in [2.24, 2.45) is 4.99 Å². The van der Waals surface area contributed by atoms with Crippen LogP contribution in [0.3, 0.4) is 0 Å². The number of amidine groups is 1. The maximum absolute atomic E-state index is 13.1. The standard InChI is InChI=1S/C25H21ClN2O5S/c1-32-13-5-12-28-23(29)22(34-25(28)27-17-6-3-2-4-7-17)15-18-9-11-21(33-18)16-8-10-20(26)19(14-16)24(30)31/h2-4,6-11,14-15H,5,12-13H2,1H3,(H,30,31)/b22-15+,27-25?. The Morgan fingerprint density at radius 2 is 2.00 bits per heavy atom. The van der Waals surface area contributed by atoms with Crippen molar-refractivity contribution in [3.63, 3.8) is 0 Å². The van der Waals surface area contributed by atoms with Crippen LogP contribution in [-0.2, 0) is 9.53 Å². The Morgan fingerprint density at radius 1 is 1.21 bits per heavy atom. The average Bonchev–Trinajstić information content (AvgIpc) is 3.40. The summed E-state index contributed by atoms with van der Waals surface area (Å²) in [4.78, 5) is 31.3. The fraction of sp³-hybridized carbons (Fsp3) is 0.160. The van der Waals surface area contributed by atoms with Crippen LogP contribution in [-0.4, -0.2) is 47.3 Å². The van der Waals surface area contributed by atoms with Gasteiger partial charge in [-0.15, -0.1) is 0 Å². The molecule has 174 valence electrons. The fourth-order valence-electron chi connectivity index (χ4n) is 3.33. The second kappa shape index (κ2) is 10.7. The molecule has 4 rings (SSSR count). The van der Waals surface area contributed by atoms with Crippen LogP contribution in [0.25, 0.3) is 17.4 Å². The minimum atomic E-state index is -1.12. The molecule has 0 radical (unpaired) electrons. The number of ether oxygens (including phenoxy) is 1. The van der Waals surface area contributed by atoms with Gasteiger partial charge in [0.15, 0.2) is 5.17 Å². The highest BCUT2D eigenvalue weighted by atomic mass is 35.5. The number of rotatable bonds is 8. The Labute approximate surface area is 205 Å². The maximum Gasteiger partial charge on any atom is 0.337 e. The van der Waals surface area contributed by atoms with Gasteiger partial charge in [0.1, 0.15) is 11.5 Å². The monoisotopic (exact) mass is 496 g/mol. The van der Waals surface area contributed by atoms with E-state index in [9.17, 15) is 14.7 Å². The Hall–Kier alpha value is -3.33. The van der Waals surface area contributed by atoms with Gasteiger partial charge in [0.2, 0.25) is 0 Å². The van der Waals surface area contributed by atoms with Crippen LogP contribution in [0.5, 0.6) is 0 Å². The number of hydrogen-bond acceptors (Lipinski definition) is 6. The van der Waals surface area contributed by atoms with Gasteiger partial charge in [0.25, 0.3) is 5.91 Å². The summed E-state index contributed by atoms with van der Waals surface area (Å²) in [5.41, 5.74) is 1.32. The lowest BCUT2D eigenvalue weighted by Gasteiger charge is -2.15. The first kappa shape index (κ1) is 23.8. The highest BCUT2D eigenvalue weighted by Crippen LogP contribution is 2.35. The van der Waals surface area contributed by atoms with Gasteiger partial charge in [0.05, 0.1) is 21.2 Å². The number of carbonyl (C=O) groups is 2. The fourth-order valence-corrected chi connectivity index (χ4v) is 4.53. The number of para-hydroxylation sites is 1. The molecule has 1 amide bonds. The molecule has 1 aliphatic heterocycles. The van der Waals surface area contributed by atoms with E-state index >= 15 is 0 Å². The van der Waals surface area contributed by atoms with Gasteiger partial charge in [0, 0.05) is 31.9 Å². The molecule has 0 atom stereocenters. The highest BCUT2D eigenvalue weighted by molar-refractivity contribution is 8.18. The van der Waals surface area contributed by atoms with E-state index in [0.29, 0.717) is 46.7 Å². The largest absolute Gasteiger partial charge is 0.478 e. The van der Waals surface area contributed by atoms with Crippen molar-refractivity contribution in [1.82, 2.24) is 4.90 Å². The second-order valence-corrected chi connectivity index (χ2v) is 8.76. The van der Waals surface area contributed by atoms with Crippen molar-refractivity contribution in [3.05, 3.63) is 81.9 Å².